The van der Waals surface area contributed by atoms with Crippen LogP contribution in [0.1, 0.15) is 23.7 Å². The first-order valence-corrected chi connectivity index (χ1v) is 7.07. The lowest BCUT2D eigenvalue weighted by Crippen LogP contribution is -2.09. The van der Waals surface area contributed by atoms with Gasteiger partial charge in [-0.2, -0.15) is 11.3 Å². The maximum atomic E-state index is 10.2. The molecule has 2 nitrogen and oxygen atoms in total. The summed E-state index contributed by atoms with van der Waals surface area (Å²) in [5, 5.41) is 14.4. The molecule has 18 heavy (non-hydrogen) atoms. The van der Waals surface area contributed by atoms with Gasteiger partial charge in [0.05, 0.1) is 6.10 Å². The van der Waals surface area contributed by atoms with Gasteiger partial charge >= 0.3 is 0 Å². The molecule has 0 spiro atoms. The Morgan fingerprint density at radius 1 is 1.28 bits per heavy atom. The Hall–Kier alpha value is -1.32. The third-order valence-corrected chi connectivity index (χ3v) is 3.79. The highest BCUT2D eigenvalue weighted by molar-refractivity contribution is 7.07. The standard InChI is InChI=1S/C15H19NOS/c1-16(2)14-5-3-4-13(10-14)15(17)7-6-12-8-9-18-11-12/h3-5,8-11,15,17H,6-7H2,1-2H3. The van der Waals surface area contributed by atoms with Gasteiger partial charge in [0.15, 0.2) is 0 Å². The molecule has 2 aromatic rings. The summed E-state index contributed by atoms with van der Waals surface area (Å²) in [6.07, 6.45) is 1.31. The highest BCUT2D eigenvalue weighted by atomic mass is 32.1. The topological polar surface area (TPSA) is 23.5 Å². The molecule has 0 fully saturated rings. The van der Waals surface area contributed by atoms with Crippen molar-refractivity contribution in [2.45, 2.75) is 18.9 Å². The molecule has 0 saturated carbocycles. The van der Waals surface area contributed by atoms with E-state index in [1.807, 2.05) is 26.2 Å². The van der Waals surface area contributed by atoms with Crippen LogP contribution < -0.4 is 4.90 Å². The predicted octanol–water partition coefficient (Wildman–Crippen LogP) is 3.48. The summed E-state index contributed by atoms with van der Waals surface area (Å²) in [6.45, 7) is 0. The lowest BCUT2D eigenvalue weighted by atomic mass is 10.0. The Morgan fingerprint density at radius 3 is 2.78 bits per heavy atom. The van der Waals surface area contributed by atoms with E-state index in [4.69, 9.17) is 0 Å². The number of rotatable bonds is 5. The van der Waals surface area contributed by atoms with Crippen molar-refractivity contribution in [1.29, 1.82) is 0 Å². The van der Waals surface area contributed by atoms with Gasteiger partial charge in [0.1, 0.15) is 0 Å². The van der Waals surface area contributed by atoms with Crippen molar-refractivity contribution in [3.05, 3.63) is 52.2 Å². The molecule has 0 aliphatic heterocycles. The second-order valence-corrected chi connectivity index (χ2v) is 5.46. The Balaban J connectivity index is 1.99. The van der Waals surface area contributed by atoms with Crippen molar-refractivity contribution in [2.75, 3.05) is 19.0 Å². The van der Waals surface area contributed by atoms with Crippen molar-refractivity contribution < 1.29 is 5.11 Å². The Kier molecular flexibility index (Phi) is 4.39. The highest BCUT2D eigenvalue weighted by Gasteiger charge is 2.09. The summed E-state index contributed by atoms with van der Waals surface area (Å²) < 4.78 is 0. The van der Waals surface area contributed by atoms with E-state index in [1.165, 1.54) is 5.56 Å². The number of hydrogen-bond acceptors (Lipinski definition) is 3. The molecule has 1 heterocycles. The summed E-state index contributed by atoms with van der Waals surface area (Å²) in [7, 11) is 4.02. The van der Waals surface area contributed by atoms with E-state index in [1.54, 1.807) is 11.3 Å². The molecule has 0 saturated heterocycles. The number of anilines is 1. The zero-order valence-corrected chi connectivity index (χ0v) is 11.7. The number of aryl methyl sites for hydroxylation is 1. The average Bonchev–Trinajstić information content (AvgIpc) is 2.89. The van der Waals surface area contributed by atoms with E-state index >= 15 is 0 Å². The molecule has 0 radical (unpaired) electrons. The van der Waals surface area contributed by atoms with Crippen LogP contribution in [0.25, 0.3) is 0 Å². The molecule has 0 bridgehead atoms. The van der Waals surface area contributed by atoms with Crippen LogP contribution in [0, 0.1) is 0 Å². The van der Waals surface area contributed by atoms with E-state index in [0.717, 1.165) is 24.1 Å². The predicted molar refractivity (Wildman–Crippen MR) is 78.4 cm³/mol. The van der Waals surface area contributed by atoms with Gasteiger partial charge in [-0.3, -0.25) is 0 Å². The van der Waals surface area contributed by atoms with Crippen LogP contribution in [0.3, 0.4) is 0 Å². The molecule has 0 aliphatic carbocycles. The van der Waals surface area contributed by atoms with Gasteiger partial charge in [-0.05, 0) is 52.9 Å². The monoisotopic (exact) mass is 261 g/mol. The molecule has 1 aromatic heterocycles. The second-order valence-electron chi connectivity index (χ2n) is 4.68. The summed E-state index contributed by atoms with van der Waals surface area (Å²) >= 11 is 1.71. The summed E-state index contributed by atoms with van der Waals surface area (Å²) in [6, 6.07) is 10.2. The quantitative estimate of drug-likeness (QED) is 0.890. The van der Waals surface area contributed by atoms with Crippen LogP contribution in [0.15, 0.2) is 41.1 Å². The molecule has 2 rings (SSSR count). The van der Waals surface area contributed by atoms with Crippen LogP contribution in [-0.4, -0.2) is 19.2 Å². The minimum Gasteiger partial charge on any atom is -0.388 e. The first-order valence-electron chi connectivity index (χ1n) is 6.13. The minimum atomic E-state index is -0.384. The molecule has 96 valence electrons. The summed E-state index contributed by atoms with van der Waals surface area (Å²) in [5.74, 6) is 0. The van der Waals surface area contributed by atoms with Gasteiger partial charge in [-0.25, -0.2) is 0 Å². The van der Waals surface area contributed by atoms with Gasteiger partial charge < -0.3 is 10.0 Å². The number of hydrogen-bond donors (Lipinski definition) is 1. The molecule has 3 heteroatoms. The van der Waals surface area contributed by atoms with Crippen molar-refractivity contribution in [3.8, 4) is 0 Å². The summed E-state index contributed by atoms with van der Waals surface area (Å²) in [4.78, 5) is 2.05. The number of benzene rings is 1. The lowest BCUT2D eigenvalue weighted by molar-refractivity contribution is 0.168. The van der Waals surface area contributed by atoms with Crippen LogP contribution in [-0.2, 0) is 6.42 Å². The van der Waals surface area contributed by atoms with Gasteiger partial charge in [0, 0.05) is 19.8 Å². The SMILES string of the molecule is CN(C)c1cccc(C(O)CCc2ccsc2)c1. The molecule has 1 unspecified atom stereocenters. The summed E-state index contributed by atoms with van der Waals surface area (Å²) in [5.41, 5.74) is 3.43. The smallest absolute Gasteiger partial charge is 0.0794 e. The Labute approximate surface area is 113 Å². The van der Waals surface area contributed by atoms with Crippen molar-refractivity contribution >= 4 is 17.0 Å². The zero-order valence-electron chi connectivity index (χ0n) is 10.8. The van der Waals surface area contributed by atoms with Crippen LogP contribution in [0.5, 0.6) is 0 Å². The van der Waals surface area contributed by atoms with Crippen molar-refractivity contribution in [2.24, 2.45) is 0 Å². The van der Waals surface area contributed by atoms with E-state index in [9.17, 15) is 5.11 Å². The maximum absolute atomic E-state index is 10.2. The fourth-order valence-electron chi connectivity index (χ4n) is 1.92. The van der Waals surface area contributed by atoms with E-state index < -0.39 is 0 Å². The van der Waals surface area contributed by atoms with Gasteiger partial charge in [-0.15, -0.1) is 0 Å². The maximum Gasteiger partial charge on any atom is 0.0794 e. The number of nitrogens with zero attached hydrogens (tertiary/aromatic N) is 1. The average molecular weight is 261 g/mol. The molecule has 1 N–H and O–H groups in total. The molecular weight excluding hydrogens is 242 g/mol. The number of thiophene rings is 1. The third kappa shape index (κ3) is 3.34. The van der Waals surface area contributed by atoms with Crippen LogP contribution in [0.2, 0.25) is 0 Å². The first-order chi connectivity index (χ1) is 8.66. The van der Waals surface area contributed by atoms with Gasteiger partial charge in [0.2, 0.25) is 0 Å². The largest absolute Gasteiger partial charge is 0.388 e. The Bertz CT molecular complexity index is 479. The normalized spacial score (nSPS) is 12.4. The molecular formula is C15H19NOS. The van der Waals surface area contributed by atoms with E-state index in [2.05, 4.69) is 33.9 Å². The van der Waals surface area contributed by atoms with Crippen molar-refractivity contribution in [3.63, 3.8) is 0 Å². The minimum absolute atomic E-state index is 0.384. The second kappa shape index (κ2) is 6.03. The fourth-order valence-corrected chi connectivity index (χ4v) is 2.62. The molecule has 1 atom stereocenters. The Morgan fingerprint density at radius 2 is 2.11 bits per heavy atom. The fraction of sp³-hybridized carbons (Fsp3) is 0.333. The molecule has 0 aliphatic rings. The zero-order chi connectivity index (χ0) is 13.0. The first kappa shape index (κ1) is 13.1. The van der Waals surface area contributed by atoms with Crippen LogP contribution in [0.4, 0.5) is 5.69 Å². The van der Waals surface area contributed by atoms with E-state index in [0.29, 0.717) is 0 Å². The van der Waals surface area contributed by atoms with Gasteiger partial charge in [-0.1, -0.05) is 12.1 Å². The molecule has 0 amide bonds. The van der Waals surface area contributed by atoms with E-state index in [-0.39, 0.29) is 6.10 Å². The number of aliphatic hydroxyl groups excluding tert-OH is 1. The third-order valence-electron chi connectivity index (χ3n) is 3.06. The molecule has 1 aromatic carbocycles. The van der Waals surface area contributed by atoms with Gasteiger partial charge in [0.25, 0.3) is 0 Å². The lowest BCUT2D eigenvalue weighted by Gasteiger charge is -2.16. The highest BCUT2D eigenvalue weighted by Crippen LogP contribution is 2.23. The van der Waals surface area contributed by atoms with Crippen LogP contribution >= 0.6 is 11.3 Å². The number of aliphatic hydroxyl groups is 1. The van der Waals surface area contributed by atoms with Crippen molar-refractivity contribution in [1.82, 2.24) is 0 Å².